The zero-order valence-corrected chi connectivity index (χ0v) is 13.0. The topological polar surface area (TPSA) is 60.2 Å². The minimum atomic E-state index is -0.349. The summed E-state index contributed by atoms with van der Waals surface area (Å²) in [4.78, 5) is 22.8. The van der Waals surface area contributed by atoms with Gasteiger partial charge in [0.2, 0.25) is 0 Å². The Hall–Kier alpha value is -1.71. The first-order chi connectivity index (χ1) is 9.90. The van der Waals surface area contributed by atoms with Crippen LogP contribution in [0.3, 0.4) is 0 Å². The summed E-state index contributed by atoms with van der Waals surface area (Å²) in [5.41, 5.74) is 1.78. The van der Waals surface area contributed by atoms with Gasteiger partial charge in [-0.05, 0) is 43.6 Å². The number of carbonyl (C=O) groups is 1. The van der Waals surface area contributed by atoms with Gasteiger partial charge in [-0.2, -0.15) is 0 Å². The van der Waals surface area contributed by atoms with Gasteiger partial charge in [-0.1, -0.05) is 26.0 Å². The number of ketones is 1. The highest BCUT2D eigenvalue weighted by Gasteiger charge is 2.31. The average molecular weight is 289 g/mol. The van der Waals surface area contributed by atoms with Gasteiger partial charge in [0.05, 0.1) is 4.92 Å². The maximum atomic E-state index is 12.2. The zero-order chi connectivity index (χ0) is 15.6. The molecule has 0 saturated heterocycles. The fourth-order valence-electron chi connectivity index (χ4n) is 3.30. The fraction of sp³-hybridized carbons (Fsp3) is 0.588. The number of nitrogens with zero attached hydrogens (tertiary/aromatic N) is 1. The number of nitro groups is 1. The van der Waals surface area contributed by atoms with Crippen LogP contribution in [0.1, 0.15) is 44.2 Å². The van der Waals surface area contributed by atoms with Gasteiger partial charge in [0, 0.05) is 24.0 Å². The van der Waals surface area contributed by atoms with E-state index in [1.54, 1.807) is 13.0 Å². The number of benzene rings is 1. The summed E-state index contributed by atoms with van der Waals surface area (Å²) in [6.07, 6.45) is 3.19. The highest BCUT2D eigenvalue weighted by molar-refractivity contribution is 5.82. The van der Waals surface area contributed by atoms with Crippen LogP contribution in [0.2, 0.25) is 0 Å². The van der Waals surface area contributed by atoms with E-state index in [1.165, 1.54) is 6.07 Å². The van der Waals surface area contributed by atoms with E-state index in [0.717, 1.165) is 18.4 Å². The molecule has 0 spiro atoms. The van der Waals surface area contributed by atoms with Gasteiger partial charge in [-0.3, -0.25) is 14.9 Å². The fourth-order valence-corrected chi connectivity index (χ4v) is 3.30. The summed E-state index contributed by atoms with van der Waals surface area (Å²) in [6, 6.07) is 5.15. The molecule has 0 bridgehead atoms. The molecule has 4 nitrogen and oxygen atoms in total. The van der Waals surface area contributed by atoms with E-state index >= 15 is 0 Å². The van der Waals surface area contributed by atoms with Crippen molar-refractivity contribution in [3.8, 4) is 0 Å². The lowest BCUT2D eigenvalue weighted by Crippen LogP contribution is -2.29. The van der Waals surface area contributed by atoms with Crippen LogP contribution in [0.5, 0.6) is 0 Å². The van der Waals surface area contributed by atoms with Crippen LogP contribution in [0, 0.1) is 34.8 Å². The van der Waals surface area contributed by atoms with Crippen LogP contribution >= 0.6 is 0 Å². The van der Waals surface area contributed by atoms with Gasteiger partial charge >= 0.3 is 0 Å². The van der Waals surface area contributed by atoms with Crippen molar-refractivity contribution >= 4 is 11.5 Å². The van der Waals surface area contributed by atoms with Crippen molar-refractivity contribution in [2.75, 3.05) is 0 Å². The van der Waals surface area contributed by atoms with Crippen molar-refractivity contribution in [1.29, 1.82) is 0 Å². The monoisotopic (exact) mass is 289 g/mol. The summed E-state index contributed by atoms with van der Waals surface area (Å²) >= 11 is 0. The Kier molecular flexibility index (Phi) is 4.76. The van der Waals surface area contributed by atoms with Crippen LogP contribution < -0.4 is 0 Å². The van der Waals surface area contributed by atoms with Crippen molar-refractivity contribution < 1.29 is 9.72 Å². The van der Waals surface area contributed by atoms with E-state index in [0.29, 0.717) is 36.0 Å². The first-order valence-electron chi connectivity index (χ1n) is 7.65. The summed E-state index contributed by atoms with van der Waals surface area (Å²) in [7, 11) is 0. The van der Waals surface area contributed by atoms with Crippen LogP contribution in [-0.4, -0.2) is 10.7 Å². The van der Waals surface area contributed by atoms with Crippen molar-refractivity contribution in [1.82, 2.24) is 0 Å². The molecule has 1 fully saturated rings. The second kappa shape index (κ2) is 6.37. The largest absolute Gasteiger partial charge is 0.299 e. The number of nitro benzene ring substituents is 1. The Balaban J connectivity index is 2.19. The van der Waals surface area contributed by atoms with Gasteiger partial charge in [0.25, 0.3) is 5.69 Å². The van der Waals surface area contributed by atoms with Gasteiger partial charge < -0.3 is 0 Å². The Bertz CT molecular complexity index is 551. The van der Waals surface area contributed by atoms with Crippen molar-refractivity contribution in [2.24, 2.45) is 17.8 Å². The van der Waals surface area contributed by atoms with Gasteiger partial charge in [-0.25, -0.2) is 0 Å². The molecule has 1 aromatic carbocycles. The number of hydrogen-bond acceptors (Lipinski definition) is 3. The molecule has 4 heteroatoms. The Labute approximate surface area is 125 Å². The second-order valence-electron chi connectivity index (χ2n) is 6.46. The first kappa shape index (κ1) is 15.7. The quantitative estimate of drug-likeness (QED) is 0.619. The lowest BCUT2D eigenvalue weighted by atomic mass is 9.73. The number of rotatable bonds is 4. The zero-order valence-electron chi connectivity index (χ0n) is 13.0. The SMILES string of the molecule is Cc1c(CC2CC(C(C)C)CCC2=O)cccc1[N+](=O)[O-]. The number of hydrogen-bond donors (Lipinski definition) is 0. The van der Waals surface area contributed by atoms with Crippen molar-refractivity contribution in [3.63, 3.8) is 0 Å². The summed E-state index contributed by atoms with van der Waals surface area (Å²) in [6.45, 7) is 6.19. The molecule has 0 radical (unpaired) electrons. The third kappa shape index (κ3) is 3.49. The minimum absolute atomic E-state index is 0.0202. The lowest BCUT2D eigenvalue weighted by Gasteiger charge is -2.31. The molecule has 0 heterocycles. The van der Waals surface area contributed by atoms with E-state index in [9.17, 15) is 14.9 Å². The van der Waals surface area contributed by atoms with E-state index in [4.69, 9.17) is 0 Å². The van der Waals surface area contributed by atoms with Crippen LogP contribution in [0.25, 0.3) is 0 Å². The van der Waals surface area contributed by atoms with Gasteiger partial charge in [-0.15, -0.1) is 0 Å². The van der Waals surface area contributed by atoms with Gasteiger partial charge in [0.15, 0.2) is 0 Å². The van der Waals surface area contributed by atoms with E-state index in [-0.39, 0.29) is 16.5 Å². The molecule has 1 aliphatic rings. The van der Waals surface area contributed by atoms with Crippen LogP contribution in [-0.2, 0) is 11.2 Å². The third-order valence-corrected chi connectivity index (χ3v) is 4.83. The Morgan fingerprint density at radius 2 is 2.10 bits per heavy atom. The molecule has 1 aromatic rings. The normalized spacial score (nSPS) is 22.6. The summed E-state index contributed by atoms with van der Waals surface area (Å²) in [5.74, 6) is 1.52. The lowest BCUT2D eigenvalue weighted by molar-refractivity contribution is -0.385. The van der Waals surface area contributed by atoms with E-state index in [2.05, 4.69) is 13.8 Å². The molecule has 1 aliphatic carbocycles. The van der Waals surface area contributed by atoms with Crippen molar-refractivity contribution in [3.05, 3.63) is 39.4 Å². The van der Waals surface area contributed by atoms with E-state index < -0.39 is 0 Å². The maximum Gasteiger partial charge on any atom is 0.272 e. The van der Waals surface area contributed by atoms with Crippen LogP contribution in [0.15, 0.2) is 18.2 Å². The Morgan fingerprint density at radius 1 is 1.38 bits per heavy atom. The highest BCUT2D eigenvalue weighted by Crippen LogP contribution is 2.34. The molecule has 2 atom stereocenters. The first-order valence-corrected chi connectivity index (χ1v) is 7.65. The smallest absolute Gasteiger partial charge is 0.272 e. The number of Topliss-reactive ketones (excluding diaryl/α,β-unsaturated/α-hetero) is 1. The molecular weight excluding hydrogens is 266 g/mol. The van der Waals surface area contributed by atoms with Crippen LogP contribution in [0.4, 0.5) is 5.69 Å². The molecule has 0 amide bonds. The molecule has 0 aliphatic heterocycles. The average Bonchev–Trinajstić information content (AvgIpc) is 2.42. The van der Waals surface area contributed by atoms with Crippen molar-refractivity contribution in [2.45, 2.75) is 46.5 Å². The third-order valence-electron chi connectivity index (χ3n) is 4.83. The molecule has 0 N–H and O–H groups in total. The maximum absolute atomic E-state index is 12.2. The highest BCUT2D eigenvalue weighted by atomic mass is 16.6. The predicted octanol–water partition coefficient (Wildman–Crippen LogP) is 4.09. The molecule has 114 valence electrons. The second-order valence-corrected chi connectivity index (χ2v) is 6.46. The number of carbonyl (C=O) groups excluding carboxylic acids is 1. The molecular formula is C17H23NO3. The standard InChI is InChI=1S/C17H23NO3/c1-11(2)13-7-8-17(19)15(9-13)10-14-5-4-6-16(12(14)3)18(20)21/h4-6,11,13,15H,7-10H2,1-3H3. The molecule has 0 aromatic heterocycles. The molecule has 2 unspecified atom stereocenters. The summed E-state index contributed by atoms with van der Waals surface area (Å²) < 4.78 is 0. The predicted molar refractivity (Wildman–Crippen MR) is 82.2 cm³/mol. The summed E-state index contributed by atoms with van der Waals surface area (Å²) in [5, 5.41) is 11.0. The van der Waals surface area contributed by atoms with Gasteiger partial charge in [0.1, 0.15) is 5.78 Å². The van der Waals surface area contributed by atoms with E-state index in [1.807, 2.05) is 6.07 Å². The molecule has 21 heavy (non-hydrogen) atoms. The Morgan fingerprint density at radius 3 is 2.71 bits per heavy atom. The molecule has 1 saturated carbocycles. The molecule has 2 rings (SSSR count). The minimum Gasteiger partial charge on any atom is -0.299 e.